The van der Waals surface area contributed by atoms with Crippen LogP contribution in [0, 0.1) is 0 Å². The van der Waals surface area contributed by atoms with Gasteiger partial charge in [0.25, 0.3) is 0 Å². The van der Waals surface area contributed by atoms with E-state index in [0.717, 1.165) is 36.4 Å². The maximum absolute atomic E-state index is 10.1. The van der Waals surface area contributed by atoms with Crippen molar-refractivity contribution >= 4 is 34.7 Å². The maximum Gasteiger partial charge on any atom is 0.229 e. The van der Waals surface area contributed by atoms with Gasteiger partial charge in [-0.05, 0) is 72.7 Å². The van der Waals surface area contributed by atoms with Gasteiger partial charge in [0.15, 0.2) is 5.82 Å². The second-order valence-electron chi connectivity index (χ2n) is 10.3. The van der Waals surface area contributed by atoms with Crippen molar-refractivity contribution in [3.05, 3.63) is 69.9 Å². The largest absolute Gasteiger partial charge is 0.395 e. The second kappa shape index (κ2) is 8.22. The molecule has 6 nitrogen and oxygen atoms in total. The van der Waals surface area contributed by atoms with Gasteiger partial charge in [-0.1, -0.05) is 36.7 Å². The predicted octanol–water partition coefficient (Wildman–Crippen LogP) is 5.14. The van der Waals surface area contributed by atoms with Crippen molar-refractivity contribution in [1.82, 2.24) is 14.9 Å². The number of likely N-dealkylation sites (N-methyl/N-ethyl adjacent to an activating group) is 1. The van der Waals surface area contributed by atoms with Gasteiger partial charge in [0.2, 0.25) is 5.95 Å². The number of para-hydroxylation sites is 1. The van der Waals surface area contributed by atoms with Crippen molar-refractivity contribution in [1.29, 1.82) is 0 Å². The van der Waals surface area contributed by atoms with E-state index in [0.29, 0.717) is 29.3 Å². The lowest BCUT2D eigenvalue weighted by Crippen LogP contribution is -2.32. The van der Waals surface area contributed by atoms with Crippen molar-refractivity contribution in [3.63, 3.8) is 0 Å². The molecule has 2 aliphatic heterocycles. The van der Waals surface area contributed by atoms with Gasteiger partial charge in [0.05, 0.1) is 12.8 Å². The van der Waals surface area contributed by atoms with E-state index in [9.17, 15) is 5.11 Å². The number of anilines is 4. The topological polar surface area (TPSA) is 64.5 Å². The predicted molar refractivity (Wildman–Crippen MR) is 137 cm³/mol. The summed E-state index contributed by atoms with van der Waals surface area (Å²) in [7, 11) is 2.18. The molecule has 3 aliphatic rings. The third-order valence-electron chi connectivity index (χ3n) is 7.52. The lowest BCUT2D eigenvalue weighted by atomic mass is 9.86. The Labute approximate surface area is 205 Å². The molecule has 1 saturated carbocycles. The molecule has 1 unspecified atom stereocenters. The smallest absolute Gasteiger partial charge is 0.229 e. The highest BCUT2D eigenvalue weighted by Crippen LogP contribution is 2.46. The Morgan fingerprint density at radius 1 is 1.24 bits per heavy atom. The van der Waals surface area contributed by atoms with Crippen LogP contribution in [0.4, 0.5) is 23.1 Å². The summed E-state index contributed by atoms with van der Waals surface area (Å²) in [4.78, 5) is 13.8. The number of nitrogens with one attached hydrogen (secondary N) is 1. The highest BCUT2D eigenvalue weighted by Gasteiger charge is 2.40. The number of fused-ring (bicyclic) bond motifs is 2. The van der Waals surface area contributed by atoms with Gasteiger partial charge in [-0.25, -0.2) is 4.98 Å². The monoisotopic (exact) mass is 475 g/mol. The highest BCUT2D eigenvalue weighted by atomic mass is 35.5. The maximum atomic E-state index is 10.1. The summed E-state index contributed by atoms with van der Waals surface area (Å²) < 4.78 is 0. The van der Waals surface area contributed by atoms with Crippen LogP contribution in [0.1, 0.15) is 47.9 Å². The number of aliphatic hydroxyl groups is 1. The van der Waals surface area contributed by atoms with E-state index in [-0.39, 0.29) is 12.0 Å². The first-order valence-electron chi connectivity index (χ1n) is 12.1. The van der Waals surface area contributed by atoms with Crippen LogP contribution in [0.15, 0.2) is 42.6 Å². The Morgan fingerprint density at radius 3 is 2.85 bits per heavy atom. The fraction of sp³-hybridized carbons (Fsp3) is 0.407. The quantitative estimate of drug-likeness (QED) is 0.532. The van der Waals surface area contributed by atoms with E-state index in [4.69, 9.17) is 16.6 Å². The van der Waals surface area contributed by atoms with Crippen molar-refractivity contribution < 1.29 is 5.11 Å². The molecular formula is C27H30ClN5O. The summed E-state index contributed by atoms with van der Waals surface area (Å²) in [5, 5.41) is 14.1. The van der Waals surface area contributed by atoms with Crippen molar-refractivity contribution in [2.75, 3.05) is 37.0 Å². The van der Waals surface area contributed by atoms with Crippen LogP contribution in [-0.2, 0) is 18.4 Å². The van der Waals surface area contributed by atoms with E-state index < -0.39 is 0 Å². The summed E-state index contributed by atoms with van der Waals surface area (Å²) in [5.74, 6) is 1.88. The molecule has 3 aromatic rings. The lowest BCUT2D eigenvalue weighted by molar-refractivity contribution is 0.216. The molecule has 2 aromatic carbocycles. The SMILES string of the molecule is CN1CCc2c(cc(Nc3ncc(Cl)c(N4CC(C)(CO)c5ccccc54)n3)cc2C2CC2)C1. The number of hydrogen-bond acceptors (Lipinski definition) is 6. The third kappa shape index (κ3) is 3.74. The van der Waals surface area contributed by atoms with Gasteiger partial charge in [0, 0.05) is 36.4 Å². The van der Waals surface area contributed by atoms with Crippen molar-refractivity contribution in [3.8, 4) is 0 Å². The van der Waals surface area contributed by atoms with Crippen LogP contribution in [0.2, 0.25) is 5.02 Å². The molecule has 1 atom stereocenters. The molecule has 7 heteroatoms. The lowest BCUT2D eigenvalue weighted by Gasteiger charge is -2.28. The number of hydrogen-bond donors (Lipinski definition) is 2. The number of nitrogens with zero attached hydrogens (tertiary/aromatic N) is 4. The first kappa shape index (κ1) is 21.8. The number of rotatable bonds is 5. The average Bonchev–Trinajstić information content (AvgIpc) is 3.64. The summed E-state index contributed by atoms with van der Waals surface area (Å²) >= 11 is 6.61. The minimum Gasteiger partial charge on any atom is -0.395 e. The molecule has 2 N–H and O–H groups in total. The molecule has 0 bridgehead atoms. The number of aliphatic hydroxyl groups excluding tert-OH is 1. The van der Waals surface area contributed by atoms with E-state index in [1.165, 1.54) is 24.0 Å². The Bertz CT molecular complexity index is 1260. The molecular weight excluding hydrogens is 446 g/mol. The van der Waals surface area contributed by atoms with Gasteiger partial charge in [-0.2, -0.15) is 4.98 Å². The van der Waals surface area contributed by atoms with E-state index >= 15 is 0 Å². The number of benzene rings is 2. The van der Waals surface area contributed by atoms with Gasteiger partial charge in [-0.3, -0.25) is 0 Å². The van der Waals surface area contributed by atoms with Crippen molar-refractivity contribution in [2.45, 2.75) is 44.1 Å². The molecule has 0 radical (unpaired) electrons. The normalized spacial score (nSPS) is 21.9. The van der Waals surface area contributed by atoms with E-state index in [1.54, 1.807) is 11.8 Å². The molecule has 176 valence electrons. The zero-order valence-corrected chi connectivity index (χ0v) is 20.4. The fourth-order valence-corrected chi connectivity index (χ4v) is 5.70. The summed E-state index contributed by atoms with van der Waals surface area (Å²) in [6.07, 6.45) is 5.35. The molecule has 1 aromatic heterocycles. The molecule has 0 spiro atoms. The van der Waals surface area contributed by atoms with Crippen molar-refractivity contribution in [2.24, 2.45) is 0 Å². The van der Waals surface area contributed by atoms with Crippen LogP contribution in [0.3, 0.4) is 0 Å². The molecule has 1 aliphatic carbocycles. The standard InChI is InChI=1S/C27H30ClN5O/c1-27(16-34)15-33(24-6-4-3-5-22(24)27)25-23(28)13-29-26(31-25)30-19-11-18-14-32(2)10-9-20(18)21(12-19)17-7-8-17/h3-6,11-13,17,34H,7-10,14-16H2,1-2H3,(H,29,30,31). The molecule has 0 amide bonds. The zero-order valence-electron chi connectivity index (χ0n) is 19.7. The van der Waals surface area contributed by atoms with Crippen LogP contribution < -0.4 is 10.2 Å². The zero-order chi connectivity index (χ0) is 23.4. The van der Waals surface area contributed by atoms with Crippen LogP contribution in [-0.4, -0.2) is 46.7 Å². The van der Waals surface area contributed by atoms with Gasteiger partial charge in [0.1, 0.15) is 5.02 Å². The van der Waals surface area contributed by atoms with E-state index in [1.807, 2.05) is 12.1 Å². The summed E-state index contributed by atoms with van der Waals surface area (Å²) in [6.45, 7) is 4.83. The highest BCUT2D eigenvalue weighted by molar-refractivity contribution is 6.33. The van der Waals surface area contributed by atoms with Gasteiger partial charge < -0.3 is 20.2 Å². The Hall–Kier alpha value is -2.67. The van der Waals surface area contributed by atoms with E-state index in [2.05, 4.69) is 58.3 Å². The minimum absolute atomic E-state index is 0.0574. The Balaban J connectivity index is 1.35. The molecule has 6 rings (SSSR count). The Morgan fingerprint density at radius 2 is 2.06 bits per heavy atom. The fourth-order valence-electron chi connectivity index (χ4n) is 5.51. The molecule has 3 heterocycles. The molecule has 0 saturated heterocycles. The van der Waals surface area contributed by atoms with Crippen LogP contribution >= 0.6 is 11.6 Å². The van der Waals surface area contributed by atoms with Crippen LogP contribution in [0.25, 0.3) is 0 Å². The molecule has 1 fully saturated rings. The first-order valence-corrected chi connectivity index (χ1v) is 12.4. The van der Waals surface area contributed by atoms with Crippen LogP contribution in [0.5, 0.6) is 0 Å². The summed E-state index contributed by atoms with van der Waals surface area (Å²) in [6, 6.07) is 12.7. The average molecular weight is 476 g/mol. The number of aromatic nitrogens is 2. The third-order valence-corrected chi connectivity index (χ3v) is 7.78. The Kier molecular flexibility index (Phi) is 5.28. The minimum atomic E-state index is -0.373. The van der Waals surface area contributed by atoms with Gasteiger partial charge in [-0.15, -0.1) is 0 Å². The first-order chi connectivity index (χ1) is 16.4. The second-order valence-corrected chi connectivity index (χ2v) is 10.7. The molecule has 34 heavy (non-hydrogen) atoms. The van der Waals surface area contributed by atoms with Gasteiger partial charge >= 0.3 is 0 Å². The summed E-state index contributed by atoms with van der Waals surface area (Å²) in [5.41, 5.74) is 7.24. The number of halogens is 1.